The molecular weight excluding hydrogens is 210 g/mol. The van der Waals surface area contributed by atoms with Gasteiger partial charge in [-0.1, -0.05) is 6.07 Å². The fourth-order valence-electron chi connectivity index (χ4n) is 1.32. The van der Waals surface area contributed by atoms with Gasteiger partial charge in [-0.25, -0.2) is 4.99 Å². The van der Waals surface area contributed by atoms with Crippen LogP contribution in [0.15, 0.2) is 41.7 Å². The van der Waals surface area contributed by atoms with Crippen molar-refractivity contribution in [1.29, 1.82) is 0 Å². The minimum atomic E-state index is -0.644. The molecule has 0 aliphatic carbocycles. The van der Waals surface area contributed by atoms with E-state index in [9.17, 15) is 5.11 Å². The predicted octanol–water partition coefficient (Wildman–Crippen LogP) is 1.25. The summed E-state index contributed by atoms with van der Waals surface area (Å²) in [6, 6.07) is 5.62. The Bertz CT molecular complexity index is 391. The number of pyridine rings is 1. The Kier molecular flexibility index (Phi) is 3.03. The molecule has 1 unspecified atom stereocenters. The second-order valence-corrected chi connectivity index (χ2v) is 3.69. The van der Waals surface area contributed by atoms with Crippen LogP contribution in [0.25, 0.3) is 0 Å². The van der Waals surface area contributed by atoms with E-state index in [4.69, 9.17) is 0 Å². The van der Waals surface area contributed by atoms with Gasteiger partial charge >= 0.3 is 0 Å². The van der Waals surface area contributed by atoms with Crippen LogP contribution in [0, 0.1) is 0 Å². The van der Waals surface area contributed by atoms with E-state index in [-0.39, 0.29) is 0 Å². The van der Waals surface area contributed by atoms with Gasteiger partial charge in [0.05, 0.1) is 0 Å². The Hall–Kier alpha value is -1.33. The van der Waals surface area contributed by atoms with Gasteiger partial charge in [-0.2, -0.15) is 0 Å². The molecule has 2 heterocycles. The Morgan fingerprint density at radius 2 is 2.33 bits per heavy atom. The fourth-order valence-corrected chi connectivity index (χ4v) is 1.92. The molecule has 78 valence electrons. The zero-order valence-corrected chi connectivity index (χ0v) is 9.06. The van der Waals surface area contributed by atoms with Gasteiger partial charge in [0, 0.05) is 18.7 Å². The molecule has 1 aliphatic heterocycles. The second kappa shape index (κ2) is 4.46. The highest BCUT2D eigenvalue weighted by Gasteiger charge is 2.21. The third kappa shape index (κ3) is 2.03. The molecule has 15 heavy (non-hydrogen) atoms. The van der Waals surface area contributed by atoms with Gasteiger partial charge < -0.3 is 5.11 Å². The summed E-state index contributed by atoms with van der Waals surface area (Å²) in [5.41, 5.74) is 0.759. The maximum atomic E-state index is 9.71. The lowest BCUT2D eigenvalue weighted by Crippen LogP contribution is -2.36. The number of hydrogen-bond donors (Lipinski definition) is 1. The molecular formula is C10H11N3OS. The number of aliphatic hydroxyl groups is 1. The smallest absolute Gasteiger partial charge is 0.167 e. The van der Waals surface area contributed by atoms with Crippen molar-refractivity contribution in [2.24, 2.45) is 4.99 Å². The summed E-state index contributed by atoms with van der Waals surface area (Å²) in [7, 11) is 0. The normalized spacial score (nSPS) is 20.3. The lowest BCUT2D eigenvalue weighted by molar-refractivity contribution is 0.154. The first-order valence-electron chi connectivity index (χ1n) is 4.50. The van der Waals surface area contributed by atoms with Gasteiger partial charge in [0.15, 0.2) is 12.1 Å². The van der Waals surface area contributed by atoms with E-state index < -0.39 is 6.23 Å². The van der Waals surface area contributed by atoms with E-state index in [1.807, 2.05) is 24.5 Å². The first-order chi connectivity index (χ1) is 7.33. The van der Waals surface area contributed by atoms with Gasteiger partial charge in [-0.05, 0) is 30.2 Å². The Labute approximate surface area is 92.5 Å². The van der Waals surface area contributed by atoms with Crippen molar-refractivity contribution < 1.29 is 5.11 Å². The molecule has 0 spiro atoms. The lowest BCUT2D eigenvalue weighted by atomic mass is 10.3. The minimum Gasteiger partial charge on any atom is -0.369 e. The van der Waals surface area contributed by atoms with Crippen LogP contribution >= 0.6 is 11.9 Å². The maximum absolute atomic E-state index is 9.71. The molecule has 0 saturated carbocycles. The monoisotopic (exact) mass is 221 g/mol. The zero-order chi connectivity index (χ0) is 10.7. The highest BCUT2D eigenvalue weighted by molar-refractivity contribution is 7.96. The minimum absolute atomic E-state index is 0.644. The van der Waals surface area contributed by atoms with Gasteiger partial charge in [-0.15, -0.1) is 0 Å². The highest BCUT2D eigenvalue weighted by Crippen LogP contribution is 2.19. The van der Waals surface area contributed by atoms with E-state index in [0.29, 0.717) is 5.84 Å². The van der Waals surface area contributed by atoms with Crippen LogP contribution in [0.1, 0.15) is 5.69 Å². The zero-order valence-electron chi connectivity index (χ0n) is 8.24. The molecule has 0 radical (unpaired) electrons. The number of nitrogens with zero attached hydrogens (tertiary/aromatic N) is 3. The number of aliphatic hydroxyl groups excluding tert-OH is 1. The van der Waals surface area contributed by atoms with E-state index in [1.54, 1.807) is 22.8 Å². The van der Waals surface area contributed by atoms with Crippen LogP contribution < -0.4 is 0 Å². The van der Waals surface area contributed by atoms with Crippen molar-refractivity contribution in [3.05, 3.63) is 42.4 Å². The molecule has 1 atom stereocenters. The first-order valence-corrected chi connectivity index (χ1v) is 5.68. The molecule has 1 aromatic heterocycles. The average molecular weight is 221 g/mol. The van der Waals surface area contributed by atoms with Crippen LogP contribution in [0.5, 0.6) is 0 Å². The molecule has 5 heteroatoms. The maximum Gasteiger partial charge on any atom is 0.167 e. The number of rotatable bonds is 2. The molecule has 1 N–H and O–H groups in total. The van der Waals surface area contributed by atoms with E-state index in [0.717, 1.165) is 5.69 Å². The predicted molar refractivity (Wildman–Crippen MR) is 61.3 cm³/mol. The van der Waals surface area contributed by atoms with Crippen molar-refractivity contribution in [1.82, 2.24) is 9.29 Å². The first kappa shape index (κ1) is 10.2. The summed E-state index contributed by atoms with van der Waals surface area (Å²) >= 11 is 1.42. The SMILES string of the molecule is CSN1C(c2ccccn2)=NC=CC1O. The van der Waals surface area contributed by atoms with Crippen molar-refractivity contribution in [3.8, 4) is 0 Å². The van der Waals surface area contributed by atoms with Crippen LogP contribution in [-0.2, 0) is 0 Å². The number of aromatic nitrogens is 1. The molecule has 0 saturated heterocycles. The van der Waals surface area contributed by atoms with Crippen LogP contribution in [-0.4, -0.2) is 32.7 Å². The molecule has 2 rings (SSSR count). The van der Waals surface area contributed by atoms with E-state index in [1.165, 1.54) is 11.9 Å². The summed E-state index contributed by atoms with van der Waals surface area (Å²) in [5.74, 6) is 0.679. The Morgan fingerprint density at radius 1 is 1.47 bits per heavy atom. The van der Waals surface area contributed by atoms with Gasteiger partial charge in [-0.3, -0.25) is 9.29 Å². The summed E-state index contributed by atoms with van der Waals surface area (Å²) in [6.45, 7) is 0. The molecule has 0 fully saturated rings. The average Bonchev–Trinajstić information content (AvgIpc) is 2.30. The molecule has 0 amide bonds. The molecule has 4 nitrogen and oxygen atoms in total. The molecule has 1 aromatic rings. The van der Waals surface area contributed by atoms with Gasteiger partial charge in [0.1, 0.15) is 5.69 Å². The number of hydrogen-bond acceptors (Lipinski definition) is 5. The van der Waals surface area contributed by atoms with Crippen molar-refractivity contribution in [2.45, 2.75) is 6.23 Å². The summed E-state index contributed by atoms with van der Waals surface area (Å²) in [6.07, 6.45) is 6.18. The van der Waals surface area contributed by atoms with Crippen LogP contribution in [0.2, 0.25) is 0 Å². The molecule has 1 aliphatic rings. The Morgan fingerprint density at radius 3 is 3.00 bits per heavy atom. The molecule has 0 bridgehead atoms. The standard InChI is InChI=1S/C10H11N3OS/c1-15-13-9(14)5-7-12-10(13)8-4-2-3-6-11-8/h2-7,9,14H,1H3. The fraction of sp³-hybridized carbons (Fsp3) is 0.200. The van der Waals surface area contributed by atoms with Gasteiger partial charge in [0.25, 0.3) is 0 Å². The molecule has 0 aromatic carbocycles. The third-order valence-electron chi connectivity index (χ3n) is 1.99. The second-order valence-electron chi connectivity index (χ2n) is 2.93. The largest absolute Gasteiger partial charge is 0.369 e. The van der Waals surface area contributed by atoms with Crippen molar-refractivity contribution >= 4 is 17.8 Å². The summed E-state index contributed by atoms with van der Waals surface area (Å²) < 4.78 is 1.71. The van der Waals surface area contributed by atoms with Gasteiger partial charge in [0.2, 0.25) is 0 Å². The van der Waals surface area contributed by atoms with E-state index in [2.05, 4.69) is 9.98 Å². The quantitative estimate of drug-likeness (QED) is 0.764. The number of aliphatic imine (C=N–C) groups is 1. The summed E-state index contributed by atoms with van der Waals surface area (Å²) in [5, 5.41) is 9.71. The third-order valence-corrected chi connectivity index (χ3v) is 2.78. The van der Waals surface area contributed by atoms with Crippen LogP contribution in [0.3, 0.4) is 0 Å². The van der Waals surface area contributed by atoms with Crippen LogP contribution in [0.4, 0.5) is 0 Å². The van der Waals surface area contributed by atoms with Crippen molar-refractivity contribution in [3.63, 3.8) is 0 Å². The Balaban J connectivity index is 2.35. The van der Waals surface area contributed by atoms with E-state index >= 15 is 0 Å². The topological polar surface area (TPSA) is 48.7 Å². The van der Waals surface area contributed by atoms with Crippen molar-refractivity contribution in [2.75, 3.05) is 6.26 Å². The highest BCUT2D eigenvalue weighted by atomic mass is 32.2. The summed E-state index contributed by atoms with van der Waals surface area (Å²) in [4.78, 5) is 8.43. The number of amidine groups is 1. The lowest BCUT2D eigenvalue weighted by Gasteiger charge is -2.27.